The number of aryl methyl sites for hydroxylation is 1. The second-order valence-electron chi connectivity index (χ2n) is 9.75. The minimum atomic E-state index is -0.189. The van der Waals surface area contributed by atoms with Crippen LogP contribution < -0.4 is 5.32 Å². The van der Waals surface area contributed by atoms with Crippen LogP contribution in [0.5, 0.6) is 0 Å². The van der Waals surface area contributed by atoms with Gasteiger partial charge in [0.15, 0.2) is 5.78 Å². The maximum atomic E-state index is 13.1. The summed E-state index contributed by atoms with van der Waals surface area (Å²) in [7, 11) is 0. The summed E-state index contributed by atoms with van der Waals surface area (Å²) in [6.07, 6.45) is 4.86. The van der Waals surface area contributed by atoms with Crippen LogP contribution in [0.3, 0.4) is 0 Å². The summed E-state index contributed by atoms with van der Waals surface area (Å²) in [5, 5.41) is 5.83. The average Bonchev–Trinajstić information content (AvgIpc) is 3.63. The monoisotopic (exact) mass is 539 g/mol. The number of aromatic amines is 1. The van der Waals surface area contributed by atoms with Crippen molar-refractivity contribution >= 4 is 40.4 Å². The summed E-state index contributed by atoms with van der Waals surface area (Å²) in [6.45, 7) is 11.0. The zero-order valence-electron chi connectivity index (χ0n) is 22.8. The van der Waals surface area contributed by atoms with E-state index >= 15 is 0 Å². The highest BCUT2D eigenvalue weighted by Gasteiger charge is 2.27. The van der Waals surface area contributed by atoms with Gasteiger partial charge in [0, 0.05) is 39.9 Å². The van der Waals surface area contributed by atoms with Crippen molar-refractivity contribution < 1.29 is 9.59 Å². The van der Waals surface area contributed by atoms with Crippen LogP contribution in [0, 0.1) is 13.8 Å². The Balaban J connectivity index is 1.41. The molecule has 0 saturated carbocycles. The van der Waals surface area contributed by atoms with Crippen molar-refractivity contribution in [1.29, 1.82) is 0 Å². The quantitative estimate of drug-likeness (QED) is 0.175. The van der Waals surface area contributed by atoms with Crippen molar-refractivity contribution in [1.82, 2.24) is 19.9 Å². The van der Waals surface area contributed by atoms with Crippen LogP contribution >= 0.6 is 11.3 Å². The number of anilines is 1. The molecule has 3 aromatic heterocycles. The summed E-state index contributed by atoms with van der Waals surface area (Å²) in [5.74, 6) is -0.0514. The summed E-state index contributed by atoms with van der Waals surface area (Å²) < 4.78 is 0. The van der Waals surface area contributed by atoms with Crippen LogP contribution in [-0.2, 0) is 4.79 Å². The first-order valence-electron chi connectivity index (χ1n) is 13.4. The lowest BCUT2D eigenvalue weighted by molar-refractivity contribution is -0.110. The lowest BCUT2D eigenvalue weighted by Gasteiger charge is -2.17. The Morgan fingerprint density at radius 3 is 2.62 bits per heavy atom. The van der Waals surface area contributed by atoms with E-state index in [1.165, 1.54) is 0 Å². The minimum Gasteiger partial charge on any atom is -0.358 e. The van der Waals surface area contributed by atoms with Crippen LogP contribution in [0.1, 0.15) is 59.6 Å². The molecule has 1 amide bonds. The van der Waals surface area contributed by atoms with Gasteiger partial charge in [-0.2, -0.15) is 0 Å². The maximum absolute atomic E-state index is 13.1. The van der Waals surface area contributed by atoms with E-state index in [-0.39, 0.29) is 11.7 Å². The summed E-state index contributed by atoms with van der Waals surface area (Å²) >= 11 is 1.57. The Bertz CT molecular complexity index is 1550. The number of Topliss-reactive ketones (excluding diaryl/α,β-unsaturated/α-hetero) is 1. The summed E-state index contributed by atoms with van der Waals surface area (Å²) in [5.41, 5.74) is 7.72. The molecule has 0 saturated heterocycles. The fourth-order valence-electron chi connectivity index (χ4n) is 5.09. The number of rotatable bonds is 10. The third-order valence-corrected chi connectivity index (χ3v) is 8.18. The van der Waals surface area contributed by atoms with E-state index in [1.54, 1.807) is 17.5 Å². The molecular formula is C31H33N5O2S. The number of aromatic nitrogens is 3. The first-order valence-corrected chi connectivity index (χ1v) is 14.3. The zero-order chi connectivity index (χ0) is 27.5. The van der Waals surface area contributed by atoms with E-state index in [1.807, 2.05) is 61.7 Å². The molecule has 2 N–H and O–H groups in total. The van der Waals surface area contributed by atoms with Crippen LogP contribution in [0.4, 0.5) is 5.69 Å². The topological polar surface area (TPSA) is 91.0 Å². The molecule has 1 aromatic carbocycles. The Labute approximate surface area is 233 Å². The molecule has 0 bridgehead atoms. The molecule has 1 aliphatic heterocycles. The van der Waals surface area contributed by atoms with E-state index in [9.17, 15) is 9.59 Å². The number of carbonyl (C=O) groups is 2. The van der Waals surface area contributed by atoms with Gasteiger partial charge in [0.1, 0.15) is 10.7 Å². The molecule has 1 aliphatic rings. The molecule has 7 nitrogen and oxygen atoms in total. The van der Waals surface area contributed by atoms with E-state index in [0.29, 0.717) is 23.4 Å². The molecule has 5 rings (SSSR count). The van der Waals surface area contributed by atoms with Gasteiger partial charge < -0.3 is 15.2 Å². The number of hydrogen-bond donors (Lipinski definition) is 2. The molecule has 8 heteroatoms. The first kappa shape index (κ1) is 26.7. The second kappa shape index (κ2) is 11.5. The van der Waals surface area contributed by atoms with Crippen molar-refractivity contribution in [3.63, 3.8) is 0 Å². The minimum absolute atomic E-state index is 0.138. The molecule has 0 unspecified atom stereocenters. The first-order chi connectivity index (χ1) is 18.9. The fraction of sp³-hybridized carbons (Fsp3) is 0.290. The fourth-order valence-corrected chi connectivity index (χ4v) is 5.91. The van der Waals surface area contributed by atoms with Crippen LogP contribution in [0.15, 0.2) is 48.0 Å². The Morgan fingerprint density at radius 1 is 1.10 bits per heavy atom. The van der Waals surface area contributed by atoms with E-state index in [0.717, 1.165) is 70.4 Å². The van der Waals surface area contributed by atoms with Gasteiger partial charge in [0.05, 0.1) is 23.2 Å². The number of carbonyl (C=O) groups excluding carboxylic acids is 2. The van der Waals surface area contributed by atoms with Gasteiger partial charge in [-0.1, -0.05) is 44.2 Å². The standard InChI is InChI=1S/C31H33N5O2S/c1-5-36(6-2)14-10-13-28(37)29-19(3)24(33-20(29)4)16-23-22-15-25(32-17-26(22)34-30(23)38)27-18-39-31(35-27)21-11-8-7-9-12-21/h7-9,11-12,15-18,33H,5-6,10,13-14H2,1-4H3,(H,34,38)/b23-16-. The van der Waals surface area contributed by atoms with E-state index in [2.05, 4.69) is 34.0 Å². The lowest BCUT2D eigenvalue weighted by Crippen LogP contribution is -2.24. The van der Waals surface area contributed by atoms with E-state index in [4.69, 9.17) is 4.98 Å². The van der Waals surface area contributed by atoms with E-state index < -0.39 is 0 Å². The highest BCUT2D eigenvalue weighted by molar-refractivity contribution is 7.13. The molecule has 0 fully saturated rings. The smallest absolute Gasteiger partial charge is 0.256 e. The van der Waals surface area contributed by atoms with Crippen molar-refractivity contribution in [2.24, 2.45) is 0 Å². The number of nitrogens with zero attached hydrogens (tertiary/aromatic N) is 3. The molecule has 0 radical (unpaired) electrons. The van der Waals surface area contributed by atoms with Crippen molar-refractivity contribution in [3.8, 4) is 22.0 Å². The Hall–Kier alpha value is -3.88. The molecule has 39 heavy (non-hydrogen) atoms. The van der Waals surface area contributed by atoms with Gasteiger partial charge in [-0.05, 0) is 57.6 Å². The average molecular weight is 540 g/mol. The predicted molar refractivity (Wildman–Crippen MR) is 159 cm³/mol. The third kappa shape index (κ3) is 5.48. The predicted octanol–water partition coefficient (Wildman–Crippen LogP) is 6.61. The summed E-state index contributed by atoms with van der Waals surface area (Å²) in [4.78, 5) is 41.1. The largest absolute Gasteiger partial charge is 0.358 e. The number of hydrogen-bond acceptors (Lipinski definition) is 6. The number of nitrogens with one attached hydrogen (secondary N) is 2. The number of H-pyrrole nitrogens is 1. The molecular weight excluding hydrogens is 506 g/mol. The van der Waals surface area contributed by atoms with Crippen LogP contribution in [0.2, 0.25) is 0 Å². The lowest BCUT2D eigenvalue weighted by atomic mass is 10.00. The number of pyridine rings is 1. The molecule has 0 atom stereocenters. The Morgan fingerprint density at radius 2 is 1.87 bits per heavy atom. The molecule has 200 valence electrons. The summed E-state index contributed by atoms with van der Waals surface area (Å²) in [6, 6.07) is 12.0. The van der Waals surface area contributed by atoms with Crippen LogP contribution in [-0.4, -0.2) is 51.2 Å². The van der Waals surface area contributed by atoms with Crippen molar-refractivity contribution in [2.45, 2.75) is 40.5 Å². The number of benzene rings is 1. The van der Waals surface area contributed by atoms with Gasteiger partial charge in [0.25, 0.3) is 5.91 Å². The van der Waals surface area contributed by atoms with Crippen LogP contribution in [0.25, 0.3) is 33.6 Å². The number of amides is 1. The highest BCUT2D eigenvalue weighted by Crippen LogP contribution is 2.37. The highest BCUT2D eigenvalue weighted by atomic mass is 32.1. The molecule has 4 aromatic rings. The zero-order valence-corrected chi connectivity index (χ0v) is 23.6. The third-order valence-electron chi connectivity index (χ3n) is 7.29. The van der Waals surface area contributed by atoms with Gasteiger partial charge in [-0.15, -0.1) is 11.3 Å². The van der Waals surface area contributed by atoms with Gasteiger partial charge in [0.2, 0.25) is 0 Å². The number of fused-ring (bicyclic) bond motifs is 1. The number of thiazole rings is 1. The second-order valence-corrected chi connectivity index (χ2v) is 10.6. The van der Waals surface area contributed by atoms with Crippen molar-refractivity contribution in [3.05, 3.63) is 76.1 Å². The Kier molecular flexibility index (Phi) is 7.86. The molecule has 0 aliphatic carbocycles. The molecule has 4 heterocycles. The van der Waals surface area contributed by atoms with Gasteiger partial charge in [-0.25, -0.2) is 4.98 Å². The maximum Gasteiger partial charge on any atom is 0.256 e. The van der Waals surface area contributed by atoms with Gasteiger partial charge in [-0.3, -0.25) is 14.6 Å². The van der Waals surface area contributed by atoms with Gasteiger partial charge >= 0.3 is 0 Å². The van der Waals surface area contributed by atoms with Crippen molar-refractivity contribution in [2.75, 3.05) is 25.0 Å². The SMILES string of the molecule is CCN(CC)CCCC(=O)c1c(C)[nH]c(/C=C2\C(=O)Nc3cnc(-c4csc(-c5ccccc5)n4)cc32)c1C. The normalized spacial score (nSPS) is 13.8. The number of ketones is 1. The molecule has 0 spiro atoms.